The minimum Gasteiger partial charge on any atom is -0.493 e. The lowest BCUT2D eigenvalue weighted by atomic mass is 9.89. The zero-order valence-electron chi connectivity index (χ0n) is 23.5. The van der Waals surface area contributed by atoms with Gasteiger partial charge in [0.2, 0.25) is 5.91 Å². The first-order chi connectivity index (χ1) is 19.1. The molecule has 0 unspecified atom stereocenters. The SMILES string of the molecule is C=CCCCOc1cc(C)cc(C)c1-c1cc(C2CC2)c(F)c([C@H](CC(=O)OCC)NC(=O)[C@H](O)CC=C)c1F. The van der Waals surface area contributed by atoms with Gasteiger partial charge in [0.05, 0.1) is 25.7 Å². The number of nitrogens with one attached hydrogen (secondary N) is 1. The molecular formula is C32H39F2NO5. The second-order valence-electron chi connectivity index (χ2n) is 10.2. The molecule has 0 aliphatic heterocycles. The Morgan fingerprint density at radius 1 is 1.15 bits per heavy atom. The predicted molar refractivity (Wildman–Crippen MR) is 151 cm³/mol. The number of allylic oxidation sites excluding steroid dienone is 1. The number of benzene rings is 2. The van der Waals surface area contributed by atoms with Crippen molar-refractivity contribution in [2.24, 2.45) is 0 Å². The lowest BCUT2D eigenvalue weighted by Gasteiger charge is -2.25. The average molecular weight is 556 g/mol. The Balaban J connectivity index is 2.20. The summed E-state index contributed by atoms with van der Waals surface area (Å²) >= 11 is 0. The number of aryl methyl sites for hydroxylation is 2. The molecule has 0 aromatic heterocycles. The van der Waals surface area contributed by atoms with Gasteiger partial charge in [-0.3, -0.25) is 9.59 Å². The van der Waals surface area contributed by atoms with Crippen LogP contribution in [0.4, 0.5) is 8.78 Å². The molecule has 0 saturated heterocycles. The molecule has 1 saturated carbocycles. The number of carbonyl (C=O) groups is 2. The fraction of sp³-hybridized carbons (Fsp3) is 0.438. The maximum absolute atomic E-state index is 16.6. The van der Waals surface area contributed by atoms with Crippen molar-refractivity contribution in [1.82, 2.24) is 5.32 Å². The second-order valence-corrected chi connectivity index (χ2v) is 10.2. The van der Waals surface area contributed by atoms with Crippen molar-refractivity contribution in [2.75, 3.05) is 13.2 Å². The maximum Gasteiger partial charge on any atom is 0.308 e. The molecule has 2 aromatic carbocycles. The molecule has 2 atom stereocenters. The quantitative estimate of drug-likeness (QED) is 0.149. The van der Waals surface area contributed by atoms with E-state index in [-0.39, 0.29) is 24.5 Å². The van der Waals surface area contributed by atoms with Crippen LogP contribution in [-0.4, -0.2) is 36.3 Å². The maximum atomic E-state index is 16.6. The van der Waals surface area contributed by atoms with Crippen molar-refractivity contribution in [3.63, 3.8) is 0 Å². The van der Waals surface area contributed by atoms with Crippen molar-refractivity contribution < 1.29 is 33.0 Å². The Morgan fingerprint density at radius 3 is 2.50 bits per heavy atom. The molecule has 0 heterocycles. The Labute approximate surface area is 235 Å². The van der Waals surface area contributed by atoms with Gasteiger partial charge in [-0.25, -0.2) is 8.78 Å². The zero-order chi connectivity index (χ0) is 29.4. The lowest BCUT2D eigenvalue weighted by Crippen LogP contribution is -2.38. The van der Waals surface area contributed by atoms with E-state index in [1.165, 1.54) is 12.1 Å². The summed E-state index contributed by atoms with van der Waals surface area (Å²) in [6.07, 6.45) is 4.05. The van der Waals surface area contributed by atoms with Crippen molar-refractivity contribution in [3.8, 4) is 16.9 Å². The molecular weight excluding hydrogens is 516 g/mol. The number of ether oxygens (including phenoxy) is 2. The van der Waals surface area contributed by atoms with Gasteiger partial charge in [-0.05, 0) is 81.2 Å². The number of esters is 1. The highest BCUT2D eigenvalue weighted by molar-refractivity contribution is 5.83. The van der Waals surface area contributed by atoms with E-state index in [1.807, 2.05) is 26.0 Å². The van der Waals surface area contributed by atoms with Crippen molar-refractivity contribution >= 4 is 11.9 Å². The van der Waals surface area contributed by atoms with Gasteiger partial charge in [-0.2, -0.15) is 0 Å². The molecule has 216 valence electrons. The van der Waals surface area contributed by atoms with Crippen LogP contribution in [-0.2, 0) is 14.3 Å². The van der Waals surface area contributed by atoms with E-state index in [1.54, 1.807) is 13.0 Å². The van der Waals surface area contributed by atoms with Crippen LogP contribution >= 0.6 is 0 Å². The monoisotopic (exact) mass is 555 g/mol. The Bertz CT molecular complexity index is 1250. The van der Waals surface area contributed by atoms with Gasteiger partial charge < -0.3 is 19.9 Å². The summed E-state index contributed by atoms with van der Waals surface area (Å²) in [6, 6.07) is 3.83. The van der Waals surface area contributed by atoms with E-state index in [0.717, 1.165) is 36.8 Å². The Morgan fingerprint density at radius 2 is 1.88 bits per heavy atom. The zero-order valence-corrected chi connectivity index (χ0v) is 23.5. The van der Waals surface area contributed by atoms with E-state index in [4.69, 9.17) is 9.47 Å². The molecule has 2 N–H and O–H groups in total. The highest BCUT2D eigenvalue weighted by Gasteiger charge is 2.35. The van der Waals surface area contributed by atoms with E-state index in [2.05, 4.69) is 18.5 Å². The van der Waals surface area contributed by atoms with Crippen molar-refractivity contribution in [2.45, 2.75) is 77.4 Å². The minimum atomic E-state index is -1.49. The molecule has 0 bridgehead atoms. The molecule has 1 fully saturated rings. The molecule has 6 nitrogen and oxygen atoms in total. The van der Waals surface area contributed by atoms with Gasteiger partial charge in [0, 0.05) is 23.1 Å². The number of aliphatic hydroxyl groups excluding tert-OH is 1. The fourth-order valence-corrected chi connectivity index (χ4v) is 4.80. The largest absolute Gasteiger partial charge is 0.493 e. The van der Waals surface area contributed by atoms with Crippen LogP contribution in [0.3, 0.4) is 0 Å². The molecule has 3 rings (SSSR count). The molecule has 1 amide bonds. The van der Waals surface area contributed by atoms with Gasteiger partial charge >= 0.3 is 5.97 Å². The topological polar surface area (TPSA) is 84.9 Å². The number of hydrogen-bond donors (Lipinski definition) is 2. The van der Waals surface area contributed by atoms with Crippen LogP contribution < -0.4 is 10.1 Å². The highest BCUT2D eigenvalue weighted by Crippen LogP contribution is 2.47. The fourth-order valence-electron chi connectivity index (χ4n) is 4.80. The van der Waals surface area contributed by atoms with Crippen molar-refractivity contribution in [1.29, 1.82) is 0 Å². The summed E-state index contributed by atoms with van der Waals surface area (Å²) < 4.78 is 43.8. The molecule has 0 spiro atoms. The van der Waals surface area contributed by atoms with Gasteiger partial charge in [-0.1, -0.05) is 18.2 Å². The first kappa shape index (κ1) is 31.0. The Hall–Kier alpha value is -3.52. The number of amides is 1. The minimum absolute atomic E-state index is 0.0615. The molecule has 1 aliphatic carbocycles. The smallest absolute Gasteiger partial charge is 0.308 e. The van der Waals surface area contributed by atoms with Crippen LogP contribution in [0.2, 0.25) is 0 Å². The van der Waals surface area contributed by atoms with E-state index in [0.29, 0.717) is 23.5 Å². The Kier molecular flexibility index (Phi) is 11.0. The average Bonchev–Trinajstić information content (AvgIpc) is 3.73. The summed E-state index contributed by atoms with van der Waals surface area (Å²) in [7, 11) is 0. The third kappa shape index (κ3) is 7.56. The first-order valence-electron chi connectivity index (χ1n) is 13.7. The number of halogens is 2. The highest BCUT2D eigenvalue weighted by atomic mass is 19.1. The summed E-state index contributed by atoms with van der Waals surface area (Å²) in [5.41, 5.74) is 2.16. The van der Waals surface area contributed by atoms with Crippen LogP contribution in [0.5, 0.6) is 5.75 Å². The number of aliphatic hydroxyl groups is 1. The van der Waals surface area contributed by atoms with Crippen LogP contribution in [0, 0.1) is 25.5 Å². The number of carbonyl (C=O) groups excluding carboxylic acids is 2. The van der Waals surface area contributed by atoms with Crippen LogP contribution in [0.15, 0.2) is 43.5 Å². The van der Waals surface area contributed by atoms with E-state index >= 15 is 8.78 Å². The number of rotatable bonds is 15. The van der Waals surface area contributed by atoms with Gasteiger partial charge in [0.25, 0.3) is 0 Å². The molecule has 0 radical (unpaired) electrons. The molecule has 2 aromatic rings. The van der Waals surface area contributed by atoms with Gasteiger partial charge in [-0.15, -0.1) is 13.2 Å². The van der Waals surface area contributed by atoms with Crippen molar-refractivity contribution in [3.05, 3.63) is 77.4 Å². The van der Waals surface area contributed by atoms with E-state index < -0.39 is 47.6 Å². The van der Waals surface area contributed by atoms with Crippen LogP contribution in [0.1, 0.15) is 79.7 Å². The predicted octanol–water partition coefficient (Wildman–Crippen LogP) is 6.52. The number of unbranched alkanes of at least 4 members (excludes halogenated alkanes) is 1. The standard InChI is InChI=1S/C32H39F2NO5/c1-6-9-10-14-40-26-16-19(4)15-20(5)28(26)23-17-22(21-12-13-21)30(33)29(31(23)34)24(18-27(37)39-8-3)35-32(38)25(36)11-7-2/h6-7,15-17,21,24-25,36H,1-2,8-14,18H2,3-5H3,(H,35,38)/t24-,25+/m0/s1. The third-order valence-electron chi connectivity index (χ3n) is 6.84. The van der Waals surface area contributed by atoms with E-state index in [9.17, 15) is 14.7 Å². The van der Waals surface area contributed by atoms with Gasteiger partial charge in [0.1, 0.15) is 23.5 Å². The normalized spacial score (nSPS) is 14.2. The first-order valence-corrected chi connectivity index (χ1v) is 13.7. The molecule has 40 heavy (non-hydrogen) atoms. The number of hydrogen-bond acceptors (Lipinski definition) is 5. The summed E-state index contributed by atoms with van der Waals surface area (Å²) in [4.78, 5) is 25.3. The molecule has 8 heteroatoms. The molecule has 1 aliphatic rings. The van der Waals surface area contributed by atoms with Crippen LogP contribution in [0.25, 0.3) is 11.1 Å². The summed E-state index contributed by atoms with van der Waals surface area (Å²) in [6.45, 7) is 13.0. The van der Waals surface area contributed by atoms with Gasteiger partial charge in [0.15, 0.2) is 0 Å². The summed E-state index contributed by atoms with van der Waals surface area (Å²) in [5.74, 6) is -2.96. The third-order valence-corrected chi connectivity index (χ3v) is 6.84. The lowest BCUT2D eigenvalue weighted by molar-refractivity contribution is -0.144. The summed E-state index contributed by atoms with van der Waals surface area (Å²) in [5, 5.41) is 12.7. The second kappa shape index (κ2) is 14.2.